The van der Waals surface area contributed by atoms with Crippen LogP contribution in [0.1, 0.15) is 19.4 Å². The van der Waals surface area contributed by atoms with Gasteiger partial charge in [-0.25, -0.2) is 0 Å². The normalized spacial score (nSPS) is 9.36. The number of hydrogen-bond acceptors (Lipinski definition) is 0. The summed E-state index contributed by atoms with van der Waals surface area (Å²) in [5.74, 6) is 0. The van der Waals surface area contributed by atoms with Crippen molar-refractivity contribution in [1.29, 1.82) is 0 Å². The van der Waals surface area contributed by atoms with Crippen molar-refractivity contribution in [2.45, 2.75) is 19.2 Å². The third-order valence-electron chi connectivity index (χ3n) is 1.97. The van der Waals surface area contributed by atoms with Gasteiger partial charge in [0.25, 0.3) is 0 Å². The predicted molar refractivity (Wildman–Crippen MR) is 67.9 cm³/mol. The largest absolute Gasteiger partial charge is 0.0876 e. The van der Waals surface area contributed by atoms with Gasteiger partial charge in [0, 0.05) is 5.33 Å². The van der Waals surface area contributed by atoms with Crippen LogP contribution in [-0.2, 0) is 5.33 Å². The standard InChI is InChI=1S/C11H9Br.C2H6/c12-8-9-5-6-10-3-1-2-4-11(10)7-9;1-2/h1-7H,8H2;1-2H3. The van der Waals surface area contributed by atoms with E-state index < -0.39 is 0 Å². The lowest BCUT2D eigenvalue weighted by atomic mass is 10.1. The third kappa shape index (κ3) is 2.58. The van der Waals surface area contributed by atoms with Crippen LogP contribution in [-0.4, -0.2) is 0 Å². The highest BCUT2D eigenvalue weighted by Gasteiger charge is 1.92. The van der Waals surface area contributed by atoms with Crippen LogP contribution in [0.2, 0.25) is 0 Å². The number of rotatable bonds is 1. The summed E-state index contributed by atoms with van der Waals surface area (Å²) in [5, 5.41) is 3.55. The van der Waals surface area contributed by atoms with Crippen molar-refractivity contribution in [2.24, 2.45) is 0 Å². The molecule has 0 nitrogen and oxygen atoms in total. The molecule has 0 unspecified atom stereocenters. The maximum absolute atomic E-state index is 3.44. The Morgan fingerprint density at radius 1 is 0.929 bits per heavy atom. The Morgan fingerprint density at radius 3 is 2.21 bits per heavy atom. The molecule has 0 saturated heterocycles. The molecule has 0 atom stereocenters. The lowest BCUT2D eigenvalue weighted by molar-refractivity contribution is 1.47. The number of fused-ring (bicyclic) bond motifs is 1. The van der Waals surface area contributed by atoms with Crippen molar-refractivity contribution in [2.75, 3.05) is 0 Å². The zero-order chi connectivity index (χ0) is 10.4. The third-order valence-corrected chi connectivity index (χ3v) is 2.62. The zero-order valence-corrected chi connectivity index (χ0v) is 10.2. The molecule has 0 radical (unpaired) electrons. The molecule has 0 bridgehead atoms. The molecule has 2 aromatic carbocycles. The smallest absolute Gasteiger partial charge is 0.0283 e. The molecule has 0 spiro atoms. The summed E-state index contributed by atoms with van der Waals surface area (Å²) in [5.41, 5.74) is 1.33. The highest BCUT2D eigenvalue weighted by Crippen LogP contribution is 2.16. The Balaban J connectivity index is 0.000000461. The van der Waals surface area contributed by atoms with Gasteiger partial charge in [-0.1, -0.05) is 72.2 Å². The molecular weight excluding hydrogens is 236 g/mol. The summed E-state index contributed by atoms with van der Waals surface area (Å²) in [4.78, 5) is 0. The fourth-order valence-electron chi connectivity index (χ4n) is 1.32. The Morgan fingerprint density at radius 2 is 1.57 bits per heavy atom. The van der Waals surface area contributed by atoms with Crippen molar-refractivity contribution < 1.29 is 0 Å². The highest BCUT2D eigenvalue weighted by atomic mass is 79.9. The molecule has 0 aliphatic carbocycles. The molecule has 1 heteroatoms. The van der Waals surface area contributed by atoms with Gasteiger partial charge in [-0.05, 0) is 16.3 Å². The SMILES string of the molecule is BrCc1ccc2ccccc2c1.CC. The zero-order valence-electron chi connectivity index (χ0n) is 8.63. The van der Waals surface area contributed by atoms with E-state index in [0.29, 0.717) is 0 Å². The van der Waals surface area contributed by atoms with Gasteiger partial charge < -0.3 is 0 Å². The van der Waals surface area contributed by atoms with Crippen LogP contribution in [0.3, 0.4) is 0 Å². The molecule has 0 N–H and O–H groups in total. The molecule has 74 valence electrons. The van der Waals surface area contributed by atoms with Gasteiger partial charge in [-0.3, -0.25) is 0 Å². The van der Waals surface area contributed by atoms with E-state index in [2.05, 4.69) is 58.4 Å². The molecule has 2 aromatic rings. The molecule has 0 fully saturated rings. The number of halogens is 1. The molecule has 2 rings (SSSR count). The van der Waals surface area contributed by atoms with E-state index >= 15 is 0 Å². The number of hydrogen-bond donors (Lipinski definition) is 0. The van der Waals surface area contributed by atoms with Crippen LogP contribution in [0, 0.1) is 0 Å². The molecule has 0 amide bonds. The van der Waals surface area contributed by atoms with Crippen molar-refractivity contribution in [3.05, 3.63) is 48.0 Å². The first-order valence-corrected chi connectivity index (χ1v) is 6.06. The number of benzene rings is 2. The Labute approximate surface area is 94.1 Å². The van der Waals surface area contributed by atoms with E-state index in [1.165, 1.54) is 16.3 Å². The first-order chi connectivity index (χ1) is 6.90. The fourth-order valence-corrected chi connectivity index (χ4v) is 1.67. The number of alkyl halides is 1. The quantitative estimate of drug-likeness (QED) is 0.641. The van der Waals surface area contributed by atoms with Gasteiger partial charge in [-0.15, -0.1) is 0 Å². The minimum atomic E-state index is 0.928. The first-order valence-electron chi connectivity index (χ1n) is 4.94. The van der Waals surface area contributed by atoms with Crippen molar-refractivity contribution >= 4 is 26.7 Å². The summed E-state index contributed by atoms with van der Waals surface area (Å²) in [6, 6.07) is 14.9. The minimum Gasteiger partial charge on any atom is -0.0876 e. The van der Waals surface area contributed by atoms with E-state index in [-0.39, 0.29) is 0 Å². The van der Waals surface area contributed by atoms with Crippen LogP contribution in [0.15, 0.2) is 42.5 Å². The monoisotopic (exact) mass is 250 g/mol. The van der Waals surface area contributed by atoms with Crippen LogP contribution >= 0.6 is 15.9 Å². The first kappa shape index (κ1) is 11.3. The fraction of sp³-hybridized carbons (Fsp3) is 0.231. The lowest BCUT2D eigenvalue weighted by Crippen LogP contribution is -1.77. The highest BCUT2D eigenvalue weighted by molar-refractivity contribution is 9.08. The molecule has 0 saturated carbocycles. The van der Waals surface area contributed by atoms with Crippen molar-refractivity contribution in [3.8, 4) is 0 Å². The van der Waals surface area contributed by atoms with Crippen molar-refractivity contribution in [1.82, 2.24) is 0 Å². The predicted octanol–water partition coefficient (Wildman–Crippen LogP) is 4.76. The Kier molecular flexibility index (Phi) is 4.68. The summed E-state index contributed by atoms with van der Waals surface area (Å²) in [7, 11) is 0. The van der Waals surface area contributed by atoms with Gasteiger partial charge in [0.05, 0.1) is 0 Å². The van der Waals surface area contributed by atoms with Gasteiger partial charge in [0.15, 0.2) is 0 Å². The van der Waals surface area contributed by atoms with E-state index in [4.69, 9.17) is 0 Å². The Bertz CT molecular complexity index is 393. The second-order valence-electron chi connectivity index (χ2n) is 2.82. The second kappa shape index (κ2) is 5.82. The molecule has 0 aliphatic rings. The van der Waals surface area contributed by atoms with E-state index in [0.717, 1.165) is 5.33 Å². The van der Waals surface area contributed by atoms with E-state index in [1.54, 1.807) is 0 Å². The maximum atomic E-state index is 3.44. The summed E-state index contributed by atoms with van der Waals surface area (Å²) >= 11 is 3.44. The van der Waals surface area contributed by atoms with Crippen LogP contribution in [0.25, 0.3) is 10.8 Å². The molecule has 0 heterocycles. The van der Waals surface area contributed by atoms with E-state index in [1.807, 2.05) is 13.8 Å². The summed E-state index contributed by atoms with van der Waals surface area (Å²) in [6.07, 6.45) is 0. The van der Waals surface area contributed by atoms with Gasteiger partial charge in [0.1, 0.15) is 0 Å². The molecular formula is C13H15Br. The topological polar surface area (TPSA) is 0 Å². The van der Waals surface area contributed by atoms with Gasteiger partial charge in [0.2, 0.25) is 0 Å². The van der Waals surface area contributed by atoms with Crippen LogP contribution in [0.4, 0.5) is 0 Å². The van der Waals surface area contributed by atoms with E-state index in [9.17, 15) is 0 Å². The lowest BCUT2D eigenvalue weighted by Gasteiger charge is -1.98. The second-order valence-corrected chi connectivity index (χ2v) is 3.38. The summed E-state index contributed by atoms with van der Waals surface area (Å²) < 4.78 is 0. The van der Waals surface area contributed by atoms with Crippen LogP contribution in [0.5, 0.6) is 0 Å². The van der Waals surface area contributed by atoms with Gasteiger partial charge in [-0.2, -0.15) is 0 Å². The molecule has 0 aliphatic heterocycles. The average Bonchev–Trinajstić information content (AvgIpc) is 2.31. The molecule has 0 aromatic heterocycles. The Hall–Kier alpha value is -0.820. The maximum Gasteiger partial charge on any atom is 0.0283 e. The summed E-state index contributed by atoms with van der Waals surface area (Å²) in [6.45, 7) is 4.00. The van der Waals surface area contributed by atoms with Crippen LogP contribution < -0.4 is 0 Å². The minimum absolute atomic E-state index is 0.928. The average molecular weight is 251 g/mol. The molecule has 14 heavy (non-hydrogen) atoms. The van der Waals surface area contributed by atoms with Gasteiger partial charge >= 0.3 is 0 Å². The van der Waals surface area contributed by atoms with Crippen molar-refractivity contribution in [3.63, 3.8) is 0 Å².